The van der Waals surface area contributed by atoms with Crippen molar-refractivity contribution in [1.29, 1.82) is 0 Å². The summed E-state index contributed by atoms with van der Waals surface area (Å²) >= 11 is 0. The highest BCUT2D eigenvalue weighted by molar-refractivity contribution is 6.38. The maximum Gasteiger partial charge on any atom is 0.160 e. The van der Waals surface area contributed by atoms with Crippen LogP contribution in [0.4, 0.5) is 0 Å². The molecule has 3 aromatic heterocycles. The first-order chi connectivity index (χ1) is 26.8. The van der Waals surface area contributed by atoms with Crippen LogP contribution >= 0.6 is 0 Å². The zero-order chi connectivity index (χ0) is 35.3. The van der Waals surface area contributed by atoms with Gasteiger partial charge in [0.25, 0.3) is 0 Å². The SMILES string of the molecule is c1ccc(-c2cc(-c3ccc(-n4c5cccc6c7ccc8ccccc8c7c7cccc4c7c65)c4c3oc3ccccc34)nc(-c3ccccc3)n2)cc1. The summed E-state index contributed by atoms with van der Waals surface area (Å²) in [6.45, 7) is 0. The number of hydrogen-bond donors (Lipinski definition) is 0. The molecular formula is C50H29N3O. The second-order valence-corrected chi connectivity index (χ2v) is 14.1. The number of aromatic nitrogens is 3. The van der Waals surface area contributed by atoms with Gasteiger partial charge in [0.15, 0.2) is 5.82 Å². The fourth-order valence-electron chi connectivity index (χ4n) is 8.84. The molecule has 54 heavy (non-hydrogen) atoms. The molecule has 0 aliphatic rings. The zero-order valence-electron chi connectivity index (χ0n) is 29.0. The van der Waals surface area contributed by atoms with Crippen LogP contribution in [-0.2, 0) is 0 Å². The van der Waals surface area contributed by atoms with Crippen molar-refractivity contribution >= 4 is 76.1 Å². The van der Waals surface area contributed by atoms with Crippen LogP contribution in [0.3, 0.4) is 0 Å². The summed E-state index contributed by atoms with van der Waals surface area (Å²) < 4.78 is 9.33. The first-order valence-corrected chi connectivity index (χ1v) is 18.3. The van der Waals surface area contributed by atoms with Crippen LogP contribution in [0.2, 0.25) is 0 Å². The Morgan fingerprint density at radius 2 is 1.04 bits per heavy atom. The van der Waals surface area contributed by atoms with Crippen LogP contribution in [0.25, 0.3) is 116 Å². The van der Waals surface area contributed by atoms with Gasteiger partial charge in [0.05, 0.1) is 33.5 Å². The molecule has 0 aliphatic heterocycles. The van der Waals surface area contributed by atoms with Crippen LogP contribution < -0.4 is 0 Å². The van der Waals surface area contributed by atoms with Crippen molar-refractivity contribution in [2.75, 3.05) is 0 Å². The minimum absolute atomic E-state index is 0.674. The standard InChI is InChI=1S/C50H29N3O/c1-3-14-31(15-4-1)39-29-40(52-50(51-39)32-16-5-2-6-17-32)36-27-28-43(48-37-19-9-10-24-44(37)54-49(36)48)53-41-22-11-20-34-35-26-25-30-13-7-8-18-33(30)45(35)38-21-12-23-42(53)47(38)46(34)41/h1-29H. The lowest BCUT2D eigenvalue weighted by Gasteiger charge is -2.13. The minimum Gasteiger partial charge on any atom is -0.455 e. The third-order valence-corrected chi connectivity index (χ3v) is 11.2. The Morgan fingerprint density at radius 1 is 0.407 bits per heavy atom. The number of benzene rings is 9. The van der Waals surface area contributed by atoms with Crippen molar-refractivity contribution in [1.82, 2.24) is 14.5 Å². The van der Waals surface area contributed by atoms with Gasteiger partial charge >= 0.3 is 0 Å². The molecule has 250 valence electrons. The van der Waals surface area contributed by atoms with Crippen LogP contribution in [-0.4, -0.2) is 14.5 Å². The summed E-state index contributed by atoms with van der Waals surface area (Å²) in [7, 11) is 0. The van der Waals surface area contributed by atoms with Gasteiger partial charge in [-0.3, -0.25) is 0 Å². The highest BCUT2D eigenvalue weighted by Crippen LogP contribution is 2.48. The molecule has 3 heterocycles. The van der Waals surface area contributed by atoms with Gasteiger partial charge in [-0.1, -0.05) is 140 Å². The molecule has 0 radical (unpaired) electrons. The van der Waals surface area contributed by atoms with E-state index in [1.54, 1.807) is 0 Å². The third kappa shape index (κ3) is 4.08. The molecular weight excluding hydrogens is 659 g/mol. The summed E-state index contributed by atoms with van der Waals surface area (Å²) in [5.74, 6) is 0.674. The summed E-state index contributed by atoms with van der Waals surface area (Å²) in [5.41, 5.74) is 9.66. The van der Waals surface area contributed by atoms with E-state index in [0.717, 1.165) is 55.7 Å². The van der Waals surface area contributed by atoms with E-state index < -0.39 is 0 Å². The van der Waals surface area contributed by atoms with Gasteiger partial charge in [-0.25, -0.2) is 9.97 Å². The summed E-state index contributed by atoms with van der Waals surface area (Å²) in [6.07, 6.45) is 0. The maximum absolute atomic E-state index is 6.88. The minimum atomic E-state index is 0.674. The molecule has 0 unspecified atom stereocenters. The van der Waals surface area contributed by atoms with Crippen molar-refractivity contribution in [3.8, 4) is 39.6 Å². The molecule has 0 amide bonds. The average molecular weight is 688 g/mol. The number of furan rings is 1. The van der Waals surface area contributed by atoms with Gasteiger partial charge in [0, 0.05) is 32.8 Å². The Hall–Kier alpha value is -7.30. The summed E-state index contributed by atoms with van der Waals surface area (Å²) in [4.78, 5) is 10.3. The van der Waals surface area contributed by atoms with Crippen LogP contribution in [0.5, 0.6) is 0 Å². The molecule has 0 aliphatic carbocycles. The molecule has 4 heteroatoms. The van der Waals surface area contributed by atoms with Crippen molar-refractivity contribution in [3.63, 3.8) is 0 Å². The van der Waals surface area contributed by atoms with E-state index in [4.69, 9.17) is 14.4 Å². The van der Waals surface area contributed by atoms with Gasteiger partial charge in [-0.2, -0.15) is 0 Å². The molecule has 12 aromatic rings. The smallest absolute Gasteiger partial charge is 0.160 e. The Morgan fingerprint density at radius 3 is 1.85 bits per heavy atom. The van der Waals surface area contributed by atoms with Gasteiger partial charge < -0.3 is 8.98 Å². The molecule has 0 N–H and O–H groups in total. The van der Waals surface area contributed by atoms with Crippen molar-refractivity contribution in [2.45, 2.75) is 0 Å². The Balaban J connectivity index is 1.19. The van der Waals surface area contributed by atoms with E-state index in [9.17, 15) is 0 Å². The number of para-hydroxylation sites is 1. The summed E-state index contributed by atoms with van der Waals surface area (Å²) in [5, 5.41) is 12.3. The van der Waals surface area contributed by atoms with Crippen LogP contribution in [0.15, 0.2) is 180 Å². The Bertz CT molecular complexity index is 3370. The molecule has 0 atom stereocenters. The Labute approximate surface area is 309 Å². The fourth-order valence-corrected chi connectivity index (χ4v) is 8.84. The molecule has 9 aromatic carbocycles. The number of hydrogen-bond acceptors (Lipinski definition) is 3. The molecule has 0 fully saturated rings. The largest absolute Gasteiger partial charge is 0.455 e. The predicted molar refractivity (Wildman–Crippen MR) is 224 cm³/mol. The summed E-state index contributed by atoms with van der Waals surface area (Å²) in [6, 6.07) is 62.2. The quantitative estimate of drug-likeness (QED) is 0.173. The van der Waals surface area contributed by atoms with E-state index in [2.05, 4.69) is 138 Å². The van der Waals surface area contributed by atoms with E-state index in [-0.39, 0.29) is 0 Å². The number of rotatable bonds is 4. The highest BCUT2D eigenvalue weighted by atomic mass is 16.3. The fraction of sp³-hybridized carbons (Fsp3) is 0. The molecule has 0 saturated heterocycles. The average Bonchev–Trinajstić information content (AvgIpc) is 3.80. The van der Waals surface area contributed by atoms with E-state index in [1.807, 2.05) is 42.5 Å². The van der Waals surface area contributed by atoms with Gasteiger partial charge in [0.2, 0.25) is 0 Å². The lowest BCUT2D eigenvalue weighted by atomic mass is 9.91. The first-order valence-electron chi connectivity index (χ1n) is 18.3. The maximum atomic E-state index is 6.88. The molecule has 12 rings (SSSR count). The van der Waals surface area contributed by atoms with Gasteiger partial charge in [0.1, 0.15) is 11.2 Å². The molecule has 4 nitrogen and oxygen atoms in total. The highest BCUT2D eigenvalue weighted by Gasteiger charge is 2.24. The normalized spacial score (nSPS) is 12.1. The Kier molecular flexibility index (Phi) is 6.02. The zero-order valence-corrected chi connectivity index (χ0v) is 29.0. The predicted octanol–water partition coefficient (Wildman–Crippen LogP) is 13.4. The monoisotopic (exact) mass is 687 g/mol. The van der Waals surface area contributed by atoms with E-state index >= 15 is 0 Å². The van der Waals surface area contributed by atoms with Crippen LogP contribution in [0, 0.1) is 0 Å². The molecule has 0 bridgehead atoms. The topological polar surface area (TPSA) is 43.9 Å². The lowest BCUT2D eigenvalue weighted by molar-refractivity contribution is 0.669. The lowest BCUT2D eigenvalue weighted by Crippen LogP contribution is -1.98. The second-order valence-electron chi connectivity index (χ2n) is 14.1. The van der Waals surface area contributed by atoms with Crippen molar-refractivity contribution in [3.05, 3.63) is 176 Å². The molecule has 0 spiro atoms. The third-order valence-electron chi connectivity index (χ3n) is 11.2. The van der Waals surface area contributed by atoms with E-state index in [1.165, 1.54) is 54.1 Å². The van der Waals surface area contributed by atoms with Gasteiger partial charge in [-0.15, -0.1) is 0 Å². The number of nitrogens with zero attached hydrogens (tertiary/aromatic N) is 3. The first kappa shape index (κ1) is 29.3. The molecule has 0 saturated carbocycles. The second kappa shape index (κ2) is 11.1. The van der Waals surface area contributed by atoms with E-state index in [0.29, 0.717) is 5.82 Å². The van der Waals surface area contributed by atoms with Crippen molar-refractivity contribution in [2.24, 2.45) is 0 Å². The number of fused-ring (bicyclic) bond motifs is 8. The van der Waals surface area contributed by atoms with Crippen molar-refractivity contribution < 1.29 is 4.42 Å². The van der Waals surface area contributed by atoms with Crippen LogP contribution in [0.1, 0.15) is 0 Å². The van der Waals surface area contributed by atoms with Gasteiger partial charge in [-0.05, 0) is 68.7 Å².